The SMILES string of the molecule is [CH2]CC=CC[N]CC. The van der Waals surface area contributed by atoms with Crippen LogP contribution in [0.15, 0.2) is 12.2 Å². The van der Waals surface area contributed by atoms with Crippen molar-refractivity contribution in [2.45, 2.75) is 13.3 Å². The molecule has 2 radical (unpaired) electrons. The summed E-state index contributed by atoms with van der Waals surface area (Å²) >= 11 is 0. The highest BCUT2D eigenvalue weighted by atomic mass is 14.8. The summed E-state index contributed by atoms with van der Waals surface area (Å²) < 4.78 is 0. The summed E-state index contributed by atoms with van der Waals surface area (Å²) in [4.78, 5) is 0. The Morgan fingerprint density at radius 1 is 1.50 bits per heavy atom. The predicted octanol–water partition coefficient (Wildman–Crippen LogP) is 1.39. The molecular weight excluding hydrogens is 98.1 g/mol. The average molecular weight is 111 g/mol. The minimum absolute atomic E-state index is 0.853. The minimum Gasteiger partial charge on any atom is -0.238 e. The number of hydrogen-bond donors (Lipinski definition) is 0. The van der Waals surface area contributed by atoms with Crippen LogP contribution >= 0.6 is 0 Å². The van der Waals surface area contributed by atoms with Gasteiger partial charge in [-0.25, -0.2) is 5.32 Å². The van der Waals surface area contributed by atoms with Gasteiger partial charge in [0.05, 0.1) is 0 Å². The van der Waals surface area contributed by atoms with Crippen molar-refractivity contribution in [3.8, 4) is 0 Å². The molecule has 0 saturated carbocycles. The van der Waals surface area contributed by atoms with E-state index in [0.717, 1.165) is 19.5 Å². The summed E-state index contributed by atoms with van der Waals surface area (Å²) in [7, 11) is 0. The number of hydrogen-bond acceptors (Lipinski definition) is 0. The zero-order valence-corrected chi connectivity index (χ0v) is 5.43. The Balaban J connectivity index is 2.80. The lowest BCUT2D eigenvalue weighted by molar-refractivity contribution is 0.780. The van der Waals surface area contributed by atoms with Gasteiger partial charge in [-0.2, -0.15) is 0 Å². The number of allylic oxidation sites excluding steroid dienone is 1. The molecule has 0 aliphatic carbocycles. The Kier molecular flexibility index (Phi) is 6.45. The first-order valence-corrected chi connectivity index (χ1v) is 2.99. The summed E-state index contributed by atoms with van der Waals surface area (Å²) in [5.41, 5.74) is 0. The van der Waals surface area contributed by atoms with Gasteiger partial charge in [0.2, 0.25) is 0 Å². The Morgan fingerprint density at radius 2 is 2.25 bits per heavy atom. The second kappa shape index (κ2) is 6.70. The van der Waals surface area contributed by atoms with Crippen LogP contribution < -0.4 is 5.32 Å². The van der Waals surface area contributed by atoms with Gasteiger partial charge in [-0.05, 0) is 13.3 Å². The highest BCUT2D eigenvalue weighted by molar-refractivity contribution is 4.83. The standard InChI is InChI=1S/C7H13N/c1-3-5-6-7-8-4-2/h5-6H,1,3-4,7H2,2H3. The molecule has 0 N–H and O–H groups in total. The van der Waals surface area contributed by atoms with Crippen LogP contribution in [0.3, 0.4) is 0 Å². The van der Waals surface area contributed by atoms with Crippen LogP contribution in [0.4, 0.5) is 0 Å². The molecule has 46 valence electrons. The second-order valence-corrected chi connectivity index (χ2v) is 1.48. The van der Waals surface area contributed by atoms with E-state index < -0.39 is 0 Å². The van der Waals surface area contributed by atoms with E-state index in [1.165, 1.54) is 0 Å². The van der Waals surface area contributed by atoms with Gasteiger partial charge in [-0.1, -0.05) is 19.1 Å². The highest BCUT2D eigenvalue weighted by Crippen LogP contribution is 1.76. The van der Waals surface area contributed by atoms with Crippen molar-refractivity contribution >= 4 is 0 Å². The lowest BCUT2D eigenvalue weighted by atomic mass is 10.4. The van der Waals surface area contributed by atoms with Gasteiger partial charge in [0.25, 0.3) is 0 Å². The van der Waals surface area contributed by atoms with E-state index in [4.69, 9.17) is 0 Å². The largest absolute Gasteiger partial charge is 0.238 e. The molecular formula is C7H13N. The molecule has 0 fully saturated rings. The molecule has 0 spiro atoms. The second-order valence-electron chi connectivity index (χ2n) is 1.48. The fraction of sp³-hybridized carbons (Fsp3) is 0.571. The van der Waals surface area contributed by atoms with Crippen LogP contribution in [0, 0.1) is 6.92 Å². The summed E-state index contributed by atoms with van der Waals surface area (Å²) in [6, 6.07) is 0. The molecule has 0 aromatic heterocycles. The molecule has 0 amide bonds. The van der Waals surface area contributed by atoms with Crippen molar-refractivity contribution in [2.24, 2.45) is 0 Å². The number of nitrogens with zero attached hydrogens (tertiary/aromatic N) is 1. The summed E-state index contributed by atoms with van der Waals surface area (Å²) in [5, 5.41) is 4.09. The summed E-state index contributed by atoms with van der Waals surface area (Å²) in [5.74, 6) is 0. The highest BCUT2D eigenvalue weighted by Gasteiger charge is 1.73. The molecule has 0 saturated heterocycles. The van der Waals surface area contributed by atoms with E-state index in [0.29, 0.717) is 0 Å². The van der Waals surface area contributed by atoms with Gasteiger partial charge >= 0.3 is 0 Å². The van der Waals surface area contributed by atoms with E-state index in [9.17, 15) is 0 Å². The lowest BCUT2D eigenvalue weighted by Crippen LogP contribution is -2.01. The van der Waals surface area contributed by atoms with Crippen LogP contribution in [0.1, 0.15) is 13.3 Å². The number of rotatable bonds is 4. The monoisotopic (exact) mass is 111 g/mol. The molecule has 8 heavy (non-hydrogen) atoms. The van der Waals surface area contributed by atoms with Crippen molar-refractivity contribution in [3.63, 3.8) is 0 Å². The zero-order chi connectivity index (χ0) is 6.24. The molecule has 1 nitrogen and oxygen atoms in total. The van der Waals surface area contributed by atoms with Gasteiger partial charge in [0.15, 0.2) is 0 Å². The van der Waals surface area contributed by atoms with Crippen LogP contribution in [0.5, 0.6) is 0 Å². The van der Waals surface area contributed by atoms with Crippen molar-refractivity contribution in [3.05, 3.63) is 19.1 Å². The van der Waals surface area contributed by atoms with Crippen molar-refractivity contribution in [1.82, 2.24) is 5.32 Å². The van der Waals surface area contributed by atoms with Gasteiger partial charge in [0, 0.05) is 13.1 Å². The average Bonchev–Trinajstić information content (AvgIpc) is 1.81. The predicted molar refractivity (Wildman–Crippen MR) is 36.7 cm³/mol. The maximum atomic E-state index is 4.09. The normalized spacial score (nSPS) is 10.8. The minimum atomic E-state index is 0.853. The Labute approximate surface area is 51.8 Å². The van der Waals surface area contributed by atoms with Crippen LogP contribution in [0.25, 0.3) is 0 Å². The first-order chi connectivity index (χ1) is 3.91. The third-order valence-electron chi connectivity index (χ3n) is 0.791. The maximum Gasteiger partial charge on any atom is 0.0314 e. The lowest BCUT2D eigenvalue weighted by Gasteiger charge is -1.87. The fourth-order valence-electron chi connectivity index (χ4n) is 0.396. The smallest absolute Gasteiger partial charge is 0.0314 e. The molecule has 0 aliphatic heterocycles. The van der Waals surface area contributed by atoms with Crippen LogP contribution in [-0.2, 0) is 0 Å². The van der Waals surface area contributed by atoms with Crippen molar-refractivity contribution in [1.29, 1.82) is 0 Å². The van der Waals surface area contributed by atoms with Gasteiger partial charge in [-0.15, -0.1) is 0 Å². The third-order valence-corrected chi connectivity index (χ3v) is 0.791. The van der Waals surface area contributed by atoms with Crippen molar-refractivity contribution in [2.75, 3.05) is 13.1 Å². The molecule has 1 heteroatoms. The molecule has 0 unspecified atom stereocenters. The fourth-order valence-corrected chi connectivity index (χ4v) is 0.396. The maximum absolute atomic E-state index is 4.09. The zero-order valence-electron chi connectivity index (χ0n) is 5.43. The topological polar surface area (TPSA) is 14.1 Å². The molecule has 0 atom stereocenters. The van der Waals surface area contributed by atoms with Crippen molar-refractivity contribution < 1.29 is 0 Å². The first-order valence-electron chi connectivity index (χ1n) is 2.99. The molecule has 0 aromatic carbocycles. The summed E-state index contributed by atoms with van der Waals surface area (Å²) in [6.45, 7) is 7.47. The van der Waals surface area contributed by atoms with Gasteiger partial charge in [0.1, 0.15) is 0 Å². The van der Waals surface area contributed by atoms with E-state index in [1.807, 2.05) is 19.1 Å². The Bertz CT molecular complexity index is 57.4. The number of likely N-dealkylation sites (N-methyl/N-ethyl adjacent to an activating group) is 1. The van der Waals surface area contributed by atoms with E-state index in [-0.39, 0.29) is 0 Å². The molecule has 0 rings (SSSR count). The third kappa shape index (κ3) is 5.70. The van der Waals surface area contributed by atoms with Gasteiger partial charge < -0.3 is 0 Å². The van der Waals surface area contributed by atoms with E-state index in [2.05, 4.69) is 12.2 Å². The molecule has 0 aromatic rings. The molecule has 0 bridgehead atoms. The van der Waals surface area contributed by atoms with Gasteiger partial charge in [-0.3, -0.25) is 0 Å². The summed E-state index contributed by atoms with van der Waals surface area (Å²) in [6.07, 6.45) is 4.94. The van der Waals surface area contributed by atoms with Crippen LogP contribution in [-0.4, -0.2) is 13.1 Å². The first kappa shape index (κ1) is 7.70. The molecule has 0 aliphatic rings. The van der Waals surface area contributed by atoms with E-state index >= 15 is 0 Å². The Morgan fingerprint density at radius 3 is 2.75 bits per heavy atom. The molecule has 0 heterocycles. The van der Waals surface area contributed by atoms with Crippen LogP contribution in [0.2, 0.25) is 0 Å². The quantitative estimate of drug-likeness (QED) is 0.384. The van der Waals surface area contributed by atoms with E-state index in [1.54, 1.807) is 0 Å². The Hall–Kier alpha value is -0.300.